The minimum atomic E-state index is -0.166. The summed E-state index contributed by atoms with van der Waals surface area (Å²) in [5.41, 5.74) is 14.6. The molecule has 0 saturated carbocycles. The monoisotopic (exact) mass is 715 g/mol. The minimum absolute atomic E-state index is 0.166. The summed E-state index contributed by atoms with van der Waals surface area (Å²) in [7, 11) is 0. The fraction of sp³-hybridized carbons (Fsp3) is 0.0196. The van der Waals surface area contributed by atoms with Gasteiger partial charge in [0.05, 0.1) is 39.7 Å². The lowest BCUT2D eigenvalue weighted by molar-refractivity contribution is 0.880. The van der Waals surface area contributed by atoms with E-state index in [-0.39, 0.29) is 5.92 Å². The third kappa shape index (κ3) is 5.32. The van der Waals surface area contributed by atoms with E-state index in [1.54, 1.807) is 0 Å². The van der Waals surface area contributed by atoms with Crippen molar-refractivity contribution in [1.29, 1.82) is 0 Å². The van der Waals surface area contributed by atoms with Crippen LogP contribution < -0.4 is 0 Å². The first-order chi connectivity index (χ1) is 27.8. The van der Waals surface area contributed by atoms with Crippen LogP contribution in [0.1, 0.15) is 22.9 Å². The van der Waals surface area contributed by atoms with Gasteiger partial charge in [0.15, 0.2) is 0 Å². The Balaban J connectivity index is 1.17. The Hall–Kier alpha value is -7.50. The van der Waals surface area contributed by atoms with Crippen molar-refractivity contribution in [2.45, 2.75) is 5.92 Å². The molecule has 1 aliphatic rings. The molecule has 3 aromatic heterocycles. The summed E-state index contributed by atoms with van der Waals surface area (Å²) < 4.78 is 2.24. The third-order valence-corrected chi connectivity index (χ3v) is 10.9. The van der Waals surface area contributed by atoms with Crippen LogP contribution in [0.25, 0.3) is 83.9 Å². The fourth-order valence-electron chi connectivity index (χ4n) is 8.32. The summed E-state index contributed by atoms with van der Waals surface area (Å²) in [5, 5.41) is 2.27. The van der Waals surface area contributed by atoms with Crippen LogP contribution >= 0.6 is 0 Å². The molecule has 0 spiro atoms. The molecule has 5 nitrogen and oxygen atoms in total. The van der Waals surface area contributed by atoms with Crippen LogP contribution in [0.15, 0.2) is 194 Å². The molecule has 0 N–H and O–H groups in total. The molecule has 0 amide bonds. The number of rotatable bonds is 6. The normalized spacial score (nSPS) is 13.2. The van der Waals surface area contributed by atoms with E-state index in [2.05, 4.69) is 174 Å². The number of nitrogens with zero attached hydrogens (tertiary/aromatic N) is 5. The first-order valence-corrected chi connectivity index (χ1v) is 18.9. The number of aromatic nitrogens is 5. The molecule has 0 aliphatic heterocycles. The SMILES string of the molecule is c1ccc(-c2cc(-c3ccccc3)nc(C3c4ccccc4-c4cc5c(cc43)c3ccccc3n5-c3nc(-c4ccccc4)cc(-c4ccccc4)n3)n2)cc1. The standard InChI is InChI=1S/C51H33N5/c1-5-17-33(18-6-1)43-31-44(34-19-7-2-8-20-34)53-50(52-43)49-39-27-14-13-25-37(39)40-30-48-41(29-42(40)49)38-26-15-16-28-47(38)56(48)51-54-45(35-21-9-3-10-22-35)32-46(55-51)36-23-11-4-12-24-36/h1-32,49H. The molecule has 5 heteroatoms. The van der Waals surface area contributed by atoms with Gasteiger partial charge in [-0.15, -0.1) is 0 Å². The van der Waals surface area contributed by atoms with Gasteiger partial charge < -0.3 is 0 Å². The Bertz CT molecular complexity index is 2950. The molecule has 0 bridgehead atoms. The summed E-state index contributed by atoms with van der Waals surface area (Å²) >= 11 is 0. The number of hydrogen-bond donors (Lipinski definition) is 0. The Morgan fingerprint density at radius 2 is 0.804 bits per heavy atom. The van der Waals surface area contributed by atoms with Gasteiger partial charge in [0.25, 0.3) is 0 Å². The smallest absolute Gasteiger partial charge is 0.235 e. The average Bonchev–Trinajstić information content (AvgIpc) is 3.78. The predicted molar refractivity (Wildman–Crippen MR) is 227 cm³/mol. The first-order valence-electron chi connectivity index (χ1n) is 18.9. The first kappa shape index (κ1) is 32.0. The highest BCUT2D eigenvalue weighted by Crippen LogP contribution is 2.50. The van der Waals surface area contributed by atoms with Crippen molar-refractivity contribution >= 4 is 21.8 Å². The van der Waals surface area contributed by atoms with Crippen molar-refractivity contribution in [3.8, 4) is 62.1 Å². The topological polar surface area (TPSA) is 56.5 Å². The van der Waals surface area contributed by atoms with Gasteiger partial charge in [-0.25, -0.2) is 19.9 Å². The Morgan fingerprint density at radius 3 is 1.36 bits per heavy atom. The minimum Gasteiger partial charge on any atom is -0.278 e. The highest BCUT2D eigenvalue weighted by Gasteiger charge is 2.34. The molecule has 10 aromatic rings. The lowest BCUT2D eigenvalue weighted by Gasteiger charge is -2.16. The zero-order valence-corrected chi connectivity index (χ0v) is 30.3. The van der Waals surface area contributed by atoms with Crippen LogP contribution in [-0.4, -0.2) is 24.5 Å². The molecule has 0 radical (unpaired) electrons. The fourth-order valence-corrected chi connectivity index (χ4v) is 8.32. The van der Waals surface area contributed by atoms with Gasteiger partial charge in [-0.05, 0) is 52.6 Å². The van der Waals surface area contributed by atoms with Gasteiger partial charge >= 0.3 is 0 Å². The van der Waals surface area contributed by atoms with Crippen molar-refractivity contribution in [3.05, 3.63) is 211 Å². The Kier molecular flexibility index (Phi) is 7.49. The Labute approximate surface area is 324 Å². The van der Waals surface area contributed by atoms with Gasteiger partial charge in [-0.1, -0.05) is 164 Å². The van der Waals surface area contributed by atoms with Crippen molar-refractivity contribution in [1.82, 2.24) is 24.5 Å². The van der Waals surface area contributed by atoms with E-state index in [0.717, 1.165) is 72.7 Å². The van der Waals surface area contributed by atoms with Crippen molar-refractivity contribution < 1.29 is 0 Å². The average molecular weight is 716 g/mol. The van der Waals surface area contributed by atoms with Gasteiger partial charge in [-0.2, -0.15) is 0 Å². The third-order valence-electron chi connectivity index (χ3n) is 10.9. The van der Waals surface area contributed by atoms with Crippen LogP contribution in [0.4, 0.5) is 0 Å². The van der Waals surface area contributed by atoms with Crippen LogP contribution in [0.2, 0.25) is 0 Å². The maximum absolute atomic E-state index is 5.34. The lowest BCUT2D eigenvalue weighted by Crippen LogP contribution is -2.07. The molecule has 1 unspecified atom stereocenters. The number of para-hydroxylation sites is 1. The molecule has 1 aliphatic carbocycles. The van der Waals surface area contributed by atoms with Crippen molar-refractivity contribution in [2.75, 3.05) is 0 Å². The molecular weight excluding hydrogens is 683 g/mol. The van der Waals surface area contributed by atoms with Crippen LogP contribution in [0.5, 0.6) is 0 Å². The highest BCUT2D eigenvalue weighted by atomic mass is 15.2. The molecule has 56 heavy (non-hydrogen) atoms. The summed E-state index contributed by atoms with van der Waals surface area (Å²) in [5.74, 6) is 1.25. The van der Waals surface area contributed by atoms with E-state index in [9.17, 15) is 0 Å². The van der Waals surface area contributed by atoms with E-state index >= 15 is 0 Å². The Morgan fingerprint density at radius 1 is 0.339 bits per heavy atom. The maximum Gasteiger partial charge on any atom is 0.235 e. The van der Waals surface area contributed by atoms with Gasteiger partial charge in [0.2, 0.25) is 5.95 Å². The summed E-state index contributed by atoms with van der Waals surface area (Å²) in [4.78, 5) is 21.3. The molecule has 1 atom stereocenters. The molecule has 0 saturated heterocycles. The van der Waals surface area contributed by atoms with Crippen LogP contribution in [0.3, 0.4) is 0 Å². The van der Waals surface area contributed by atoms with Gasteiger partial charge in [0, 0.05) is 33.0 Å². The van der Waals surface area contributed by atoms with Crippen LogP contribution in [0, 0.1) is 0 Å². The highest BCUT2D eigenvalue weighted by molar-refractivity contribution is 6.11. The largest absolute Gasteiger partial charge is 0.278 e. The second-order valence-electron chi connectivity index (χ2n) is 14.2. The van der Waals surface area contributed by atoms with Gasteiger partial charge in [-0.3, -0.25) is 4.57 Å². The summed E-state index contributed by atoms with van der Waals surface area (Å²) in [6.07, 6.45) is 0. The quantitative estimate of drug-likeness (QED) is 0.172. The molecule has 11 rings (SSSR count). The van der Waals surface area contributed by atoms with E-state index in [0.29, 0.717) is 5.95 Å². The van der Waals surface area contributed by atoms with E-state index in [1.807, 2.05) is 24.3 Å². The predicted octanol–water partition coefficient (Wildman–Crippen LogP) is 12.2. The molecule has 262 valence electrons. The zero-order chi connectivity index (χ0) is 37.0. The van der Waals surface area contributed by atoms with E-state index in [4.69, 9.17) is 19.9 Å². The van der Waals surface area contributed by atoms with Crippen molar-refractivity contribution in [2.24, 2.45) is 0 Å². The number of hydrogen-bond acceptors (Lipinski definition) is 4. The summed E-state index contributed by atoms with van der Waals surface area (Å²) in [6.45, 7) is 0. The molecule has 0 fully saturated rings. The zero-order valence-electron chi connectivity index (χ0n) is 30.3. The second kappa shape index (κ2) is 13.1. The maximum atomic E-state index is 5.34. The van der Waals surface area contributed by atoms with E-state index < -0.39 is 0 Å². The van der Waals surface area contributed by atoms with Gasteiger partial charge in [0.1, 0.15) is 5.82 Å². The number of benzene rings is 7. The second-order valence-corrected chi connectivity index (χ2v) is 14.2. The summed E-state index contributed by atoms with van der Waals surface area (Å²) in [6, 6.07) is 67.7. The molecule has 7 aromatic carbocycles. The molecule has 3 heterocycles. The van der Waals surface area contributed by atoms with Crippen LogP contribution in [-0.2, 0) is 0 Å². The number of fused-ring (bicyclic) bond motifs is 6. The molecular formula is C51H33N5. The van der Waals surface area contributed by atoms with Crippen molar-refractivity contribution in [3.63, 3.8) is 0 Å². The van der Waals surface area contributed by atoms with E-state index in [1.165, 1.54) is 22.3 Å². The lowest BCUT2D eigenvalue weighted by atomic mass is 9.94.